The van der Waals surface area contributed by atoms with E-state index in [1.165, 1.54) is 38.2 Å². The molecule has 1 unspecified atom stereocenters. The van der Waals surface area contributed by atoms with Gasteiger partial charge in [0.25, 0.3) is 0 Å². The molecule has 1 aliphatic rings. The molecule has 2 heterocycles. The van der Waals surface area contributed by atoms with Crippen molar-refractivity contribution >= 4 is 0 Å². The molecule has 0 radical (unpaired) electrons. The van der Waals surface area contributed by atoms with Crippen LogP contribution in [0.5, 0.6) is 0 Å². The van der Waals surface area contributed by atoms with E-state index in [1.807, 2.05) is 0 Å². The molecule has 1 saturated heterocycles. The predicted octanol–water partition coefficient (Wildman–Crippen LogP) is 2.21. The molecule has 18 heavy (non-hydrogen) atoms. The molecule has 0 spiro atoms. The summed E-state index contributed by atoms with van der Waals surface area (Å²) in [6, 6.07) is 3.41. The maximum absolute atomic E-state index is 12.8. The number of pyridine rings is 1. The van der Waals surface area contributed by atoms with Gasteiger partial charge in [-0.1, -0.05) is 0 Å². The molecule has 1 fully saturated rings. The zero-order valence-corrected chi connectivity index (χ0v) is 11.2. The molecule has 0 aromatic carbocycles. The molecule has 1 aliphatic heterocycles. The topological polar surface area (TPSA) is 28.2 Å². The van der Waals surface area contributed by atoms with Crippen LogP contribution in [-0.2, 0) is 0 Å². The Bertz CT molecular complexity index is 358. The summed E-state index contributed by atoms with van der Waals surface area (Å²) in [5, 5.41) is 3.50. The fourth-order valence-corrected chi connectivity index (χ4v) is 2.36. The Balaban J connectivity index is 1.77. The van der Waals surface area contributed by atoms with Crippen molar-refractivity contribution in [1.82, 2.24) is 15.2 Å². The number of hydrogen-bond acceptors (Lipinski definition) is 3. The molecule has 1 aromatic rings. The molecule has 1 aromatic heterocycles. The minimum absolute atomic E-state index is 0.185. The third-order valence-electron chi connectivity index (χ3n) is 3.74. The van der Waals surface area contributed by atoms with Crippen LogP contribution < -0.4 is 5.32 Å². The number of nitrogens with zero attached hydrogens (tertiary/aromatic N) is 2. The number of rotatable bonds is 4. The molecule has 1 atom stereocenters. The summed E-state index contributed by atoms with van der Waals surface area (Å²) in [6.45, 7) is 5.48. The summed E-state index contributed by atoms with van der Waals surface area (Å²) >= 11 is 0. The van der Waals surface area contributed by atoms with Gasteiger partial charge in [0.05, 0.1) is 11.9 Å². The van der Waals surface area contributed by atoms with Crippen LogP contribution >= 0.6 is 0 Å². The van der Waals surface area contributed by atoms with Crippen molar-refractivity contribution in [3.63, 3.8) is 0 Å². The molecule has 100 valence electrons. The number of hydrogen-bond donors (Lipinski definition) is 1. The highest BCUT2D eigenvalue weighted by atomic mass is 19.1. The van der Waals surface area contributed by atoms with E-state index in [4.69, 9.17) is 0 Å². The molecular formula is C14H22FN3. The van der Waals surface area contributed by atoms with E-state index in [9.17, 15) is 4.39 Å². The SMILES string of the molecule is CC(NCC1CCN(C)CC1)c1ccc(F)cn1. The van der Waals surface area contributed by atoms with Crippen LogP contribution in [0.3, 0.4) is 0 Å². The van der Waals surface area contributed by atoms with Crippen LogP contribution in [0.15, 0.2) is 18.3 Å². The largest absolute Gasteiger partial charge is 0.309 e. The highest BCUT2D eigenvalue weighted by Crippen LogP contribution is 2.17. The normalized spacial score (nSPS) is 19.9. The van der Waals surface area contributed by atoms with Gasteiger partial charge in [-0.05, 0) is 64.5 Å². The lowest BCUT2D eigenvalue weighted by Crippen LogP contribution is -2.35. The highest BCUT2D eigenvalue weighted by molar-refractivity contribution is 5.08. The maximum Gasteiger partial charge on any atom is 0.141 e. The van der Waals surface area contributed by atoms with E-state index in [-0.39, 0.29) is 11.9 Å². The second-order valence-electron chi connectivity index (χ2n) is 5.28. The van der Waals surface area contributed by atoms with E-state index in [0.29, 0.717) is 0 Å². The number of likely N-dealkylation sites (tertiary alicyclic amines) is 1. The van der Waals surface area contributed by atoms with Gasteiger partial charge in [0, 0.05) is 6.04 Å². The van der Waals surface area contributed by atoms with Crippen LogP contribution in [0.2, 0.25) is 0 Å². The zero-order valence-electron chi connectivity index (χ0n) is 11.2. The molecule has 0 saturated carbocycles. The first-order chi connectivity index (χ1) is 8.65. The standard InChI is InChI=1S/C14H22FN3/c1-11(14-4-3-13(15)10-17-14)16-9-12-5-7-18(2)8-6-12/h3-4,10-12,16H,5-9H2,1-2H3. The Morgan fingerprint density at radius 1 is 1.44 bits per heavy atom. The quantitative estimate of drug-likeness (QED) is 0.889. The summed E-state index contributed by atoms with van der Waals surface area (Å²) in [7, 11) is 2.18. The fourth-order valence-electron chi connectivity index (χ4n) is 2.36. The van der Waals surface area contributed by atoms with Gasteiger partial charge >= 0.3 is 0 Å². The lowest BCUT2D eigenvalue weighted by molar-refractivity contribution is 0.213. The number of aromatic nitrogens is 1. The highest BCUT2D eigenvalue weighted by Gasteiger charge is 2.17. The summed E-state index contributed by atoms with van der Waals surface area (Å²) in [5.41, 5.74) is 0.907. The zero-order chi connectivity index (χ0) is 13.0. The van der Waals surface area contributed by atoms with E-state index in [1.54, 1.807) is 6.07 Å². The van der Waals surface area contributed by atoms with Crippen LogP contribution in [0.4, 0.5) is 4.39 Å². The van der Waals surface area contributed by atoms with Gasteiger partial charge in [-0.25, -0.2) is 4.39 Å². The third kappa shape index (κ3) is 3.75. The Morgan fingerprint density at radius 3 is 2.78 bits per heavy atom. The molecule has 1 N–H and O–H groups in total. The number of nitrogens with one attached hydrogen (secondary N) is 1. The molecule has 0 bridgehead atoms. The Morgan fingerprint density at radius 2 is 2.17 bits per heavy atom. The van der Waals surface area contributed by atoms with Crippen LogP contribution in [-0.4, -0.2) is 36.6 Å². The van der Waals surface area contributed by atoms with Crippen molar-refractivity contribution in [3.05, 3.63) is 29.8 Å². The van der Waals surface area contributed by atoms with Crippen molar-refractivity contribution < 1.29 is 4.39 Å². The van der Waals surface area contributed by atoms with Crippen LogP contribution in [0.1, 0.15) is 31.5 Å². The molecule has 0 aliphatic carbocycles. The molecular weight excluding hydrogens is 229 g/mol. The van der Waals surface area contributed by atoms with Gasteiger partial charge in [-0.15, -0.1) is 0 Å². The van der Waals surface area contributed by atoms with Gasteiger partial charge in [0.2, 0.25) is 0 Å². The average molecular weight is 251 g/mol. The van der Waals surface area contributed by atoms with Gasteiger partial charge in [-0.3, -0.25) is 4.98 Å². The van der Waals surface area contributed by atoms with Crippen molar-refractivity contribution in [3.8, 4) is 0 Å². The molecule has 0 amide bonds. The first-order valence-electron chi connectivity index (χ1n) is 6.68. The van der Waals surface area contributed by atoms with E-state index < -0.39 is 0 Å². The van der Waals surface area contributed by atoms with E-state index >= 15 is 0 Å². The van der Waals surface area contributed by atoms with Gasteiger partial charge in [0.15, 0.2) is 0 Å². The second kappa shape index (κ2) is 6.25. The molecule has 2 rings (SSSR count). The van der Waals surface area contributed by atoms with Gasteiger partial charge in [-0.2, -0.15) is 0 Å². The first-order valence-corrected chi connectivity index (χ1v) is 6.68. The molecule has 4 heteroatoms. The average Bonchev–Trinajstić information content (AvgIpc) is 2.38. The van der Waals surface area contributed by atoms with E-state index in [2.05, 4.69) is 29.2 Å². The first kappa shape index (κ1) is 13.4. The smallest absolute Gasteiger partial charge is 0.141 e. The van der Waals surface area contributed by atoms with Crippen molar-refractivity contribution in [1.29, 1.82) is 0 Å². The summed E-state index contributed by atoms with van der Waals surface area (Å²) in [6.07, 6.45) is 3.79. The Kier molecular flexibility index (Phi) is 4.66. The maximum atomic E-state index is 12.8. The van der Waals surface area contributed by atoms with Crippen molar-refractivity contribution in [2.45, 2.75) is 25.8 Å². The van der Waals surface area contributed by atoms with Crippen molar-refractivity contribution in [2.75, 3.05) is 26.7 Å². The van der Waals surface area contributed by atoms with Crippen LogP contribution in [0, 0.1) is 11.7 Å². The summed E-state index contributed by atoms with van der Waals surface area (Å²) < 4.78 is 12.8. The van der Waals surface area contributed by atoms with Crippen LogP contribution in [0.25, 0.3) is 0 Å². The summed E-state index contributed by atoms with van der Waals surface area (Å²) in [5.74, 6) is 0.477. The second-order valence-corrected chi connectivity index (χ2v) is 5.28. The predicted molar refractivity (Wildman–Crippen MR) is 70.8 cm³/mol. The monoisotopic (exact) mass is 251 g/mol. The van der Waals surface area contributed by atoms with E-state index in [0.717, 1.165) is 18.2 Å². The lowest BCUT2D eigenvalue weighted by Gasteiger charge is -2.29. The number of piperidine rings is 1. The fraction of sp³-hybridized carbons (Fsp3) is 0.643. The lowest BCUT2D eigenvalue weighted by atomic mass is 9.97. The Labute approximate surface area is 108 Å². The number of halogens is 1. The van der Waals surface area contributed by atoms with Gasteiger partial charge < -0.3 is 10.2 Å². The summed E-state index contributed by atoms with van der Waals surface area (Å²) in [4.78, 5) is 6.48. The van der Waals surface area contributed by atoms with Gasteiger partial charge in [0.1, 0.15) is 5.82 Å². The Hall–Kier alpha value is -1.00. The minimum atomic E-state index is -0.277. The molecule has 3 nitrogen and oxygen atoms in total. The third-order valence-corrected chi connectivity index (χ3v) is 3.74. The minimum Gasteiger partial charge on any atom is -0.309 e. The van der Waals surface area contributed by atoms with Crippen molar-refractivity contribution in [2.24, 2.45) is 5.92 Å².